The number of rotatable bonds is 6. The van der Waals surface area contributed by atoms with E-state index in [0.29, 0.717) is 28.1 Å². The number of benzene rings is 3. The van der Waals surface area contributed by atoms with Crippen molar-refractivity contribution in [2.45, 2.75) is 11.3 Å². The minimum Gasteiger partial charge on any atom is -0.497 e. The van der Waals surface area contributed by atoms with Gasteiger partial charge in [0.1, 0.15) is 5.75 Å². The van der Waals surface area contributed by atoms with Gasteiger partial charge in [-0.3, -0.25) is 14.4 Å². The lowest BCUT2D eigenvalue weighted by Gasteiger charge is -2.20. The Hall–Kier alpha value is -3.38. The molecule has 0 atom stereocenters. The summed E-state index contributed by atoms with van der Waals surface area (Å²) in [5.74, 6) is 0.716. The average Bonchev–Trinajstić information content (AvgIpc) is 2.78. The molecule has 0 aromatic heterocycles. The largest absolute Gasteiger partial charge is 0.497 e. The van der Waals surface area contributed by atoms with Gasteiger partial charge in [-0.05, 0) is 30.3 Å². The van der Waals surface area contributed by atoms with Crippen molar-refractivity contribution < 1.29 is 19.1 Å². The molecule has 30 heavy (non-hydrogen) atoms. The van der Waals surface area contributed by atoms with Gasteiger partial charge in [-0.2, -0.15) is 0 Å². The number of amides is 1. The molecule has 1 N–H and O–H groups in total. The second-order valence-electron chi connectivity index (χ2n) is 6.75. The summed E-state index contributed by atoms with van der Waals surface area (Å²) in [6.07, 6.45) is 0.277. The van der Waals surface area contributed by atoms with Gasteiger partial charge in [0.2, 0.25) is 5.91 Å². The van der Waals surface area contributed by atoms with E-state index in [1.54, 1.807) is 61.3 Å². The molecule has 6 heteroatoms. The first-order valence-corrected chi connectivity index (χ1v) is 10.4. The van der Waals surface area contributed by atoms with Crippen LogP contribution in [0.1, 0.15) is 38.3 Å². The summed E-state index contributed by atoms with van der Waals surface area (Å²) in [5, 5.41) is 2.81. The van der Waals surface area contributed by atoms with Crippen molar-refractivity contribution >= 4 is 34.9 Å². The van der Waals surface area contributed by atoms with E-state index in [9.17, 15) is 14.4 Å². The fourth-order valence-electron chi connectivity index (χ4n) is 3.40. The van der Waals surface area contributed by atoms with Crippen LogP contribution in [0.15, 0.2) is 71.6 Å². The minimum absolute atomic E-state index is 0.202. The van der Waals surface area contributed by atoms with Crippen LogP contribution in [0.3, 0.4) is 0 Å². The lowest BCUT2D eigenvalue weighted by atomic mass is 9.83. The second kappa shape index (κ2) is 8.55. The molecule has 3 aromatic carbocycles. The number of carbonyl (C=O) groups excluding carboxylic acids is 3. The number of nitrogens with one attached hydrogen (secondary N) is 1. The number of thioether (sulfide) groups is 1. The predicted molar refractivity (Wildman–Crippen MR) is 117 cm³/mol. The first-order valence-electron chi connectivity index (χ1n) is 9.46. The molecule has 0 saturated carbocycles. The standard InChI is InChI=1S/C24H19NO4S/c1-29-15-9-11-16(12-10-15)30-14-13-21(26)25-20-8-4-7-19-22(20)24(28)18-6-3-2-5-17(18)23(19)27/h2-12H,13-14H2,1H3,(H,25,26). The number of anilines is 1. The first-order chi connectivity index (χ1) is 14.6. The van der Waals surface area contributed by atoms with Crippen molar-refractivity contribution in [3.63, 3.8) is 0 Å². The highest BCUT2D eigenvalue weighted by Crippen LogP contribution is 2.32. The van der Waals surface area contributed by atoms with E-state index in [2.05, 4.69) is 5.32 Å². The molecule has 0 radical (unpaired) electrons. The quantitative estimate of drug-likeness (QED) is 0.465. The summed E-state index contributed by atoms with van der Waals surface area (Å²) in [7, 11) is 1.62. The molecule has 1 amide bonds. The summed E-state index contributed by atoms with van der Waals surface area (Å²) in [6.45, 7) is 0. The van der Waals surface area contributed by atoms with Crippen LogP contribution in [0, 0.1) is 0 Å². The van der Waals surface area contributed by atoms with E-state index in [1.807, 2.05) is 24.3 Å². The molecule has 0 spiro atoms. The smallest absolute Gasteiger partial charge is 0.225 e. The van der Waals surface area contributed by atoms with E-state index in [-0.39, 0.29) is 29.5 Å². The average molecular weight is 417 g/mol. The molecule has 0 saturated heterocycles. The van der Waals surface area contributed by atoms with Gasteiger partial charge in [0.05, 0.1) is 18.4 Å². The molecule has 0 bridgehead atoms. The number of methoxy groups -OCH3 is 1. The van der Waals surface area contributed by atoms with Gasteiger partial charge < -0.3 is 10.1 Å². The monoisotopic (exact) mass is 417 g/mol. The van der Waals surface area contributed by atoms with Crippen LogP contribution < -0.4 is 10.1 Å². The van der Waals surface area contributed by atoms with Crippen molar-refractivity contribution in [2.24, 2.45) is 0 Å². The zero-order chi connectivity index (χ0) is 21.1. The van der Waals surface area contributed by atoms with Gasteiger partial charge in [-0.15, -0.1) is 11.8 Å². The number of carbonyl (C=O) groups is 3. The van der Waals surface area contributed by atoms with Crippen LogP contribution >= 0.6 is 11.8 Å². The summed E-state index contributed by atoms with van der Waals surface area (Å²) in [6, 6.07) is 19.4. The molecule has 5 nitrogen and oxygen atoms in total. The van der Waals surface area contributed by atoms with Crippen LogP contribution in [-0.2, 0) is 4.79 Å². The molecule has 1 aliphatic carbocycles. The third-order valence-electron chi connectivity index (χ3n) is 4.88. The summed E-state index contributed by atoms with van der Waals surface area (Å²) in [4.78, 5) is 39.3. The zero-order valence-corrected chi connectivity index (χ0v) is 17.1. The van der Waals surface area contributed by atoms with Crippen LogP contribution in [-0.4, -0.2) is 30.3 Å². The van der Waals surface area contributed by atoms with Gasteiger partial charge in [-0.25, -0.2) is 0 Å². The van der Waals surface area contributed by atoms with Crippen molar-refractivity contribution in [2.75, 3.05) is 18.2 Å². The number of fused-ring (bicyclic) bond motifs is 2. The van der Waals surface area contributed by atoms with Crippen LogP contribution in [0.25, 0.3) is 0 Å². The van der Waals surface area contributed by atoms with E-state index < -0.39 is 0 Å². The Morgan fingerprint density at radius 2 is 1.53 bits per heavy atom. The highest BCUT2D eigenvalue weighted by Gasteiger charge is 2.31. The molecular weight excluding hydrogens is 398 g/mol. The normalized spacial score (nSPS) is 12.2. The molecule has 0 aliphatic heterocycles. The number of ketones is 2. The molecule has 3 aromatic rings. The highest BCUT2D eigenvalue weighted by atomic mass is 32.2. The maximum Gasteiger partial charge on any atom is 0.225 e. The second-order valence-corrected chi connectivity index (χ2v) is 7.92. The minimum atomic E-state index is -0.247. The van der Waals surface area contributed by atoms with Crippen molar-refractivity contribution in [1.82, 2.24) is 0 Å². The maximum atomic E-state index is 13.0. The Morgan fingerprint density at radius 3 is 2.23 bits per heavy atom. The SMILES string of the molecule is COc1ccc(SCCC(=O)Nc2cccc3c2C(=O)c2ccccc2C3=O)cc1. The van der Waals surface area contributed by atoms with Crippen LogP contribution in [0.5, 0.6) is 5.75 Å². The molecule has 0 fully saturated rings. The summed E-state index contributed by atoms with van der Waals surface area (Å²) >= 11 is 1.56. The Bertz CT molecular complexity index is 1140. The predicted octanol–water partition coefficient (Wildman–Crippen LogP) is 4.59. The molecular formula is C24H19NO4S. The summed E-state index contributed by atoms with van der Waals surface area (Å²) < 4.78 is 5.14. The van der Waals surface area contributed by atoms with Gasteiger partial charge in [0.15, 0.2) is 11.6 Å². The lowest BCUT2D eigenvalue weighted by Crippen LogP contribution is -2.24. The van der Waals surface area contributed by atoms with E-state index >= 15 is 0 Å². The zero-order valence-electron chi connectivity index (χ0n) is 16.3. The molecule has 4 rings (SSSR count). The lowest BCUT2D eigenvalue weighted by molar-refractivity contribution is -0.115. The number of hydrogen-bond acceptors (Lipinski definition) is 5. The van der Waals surface area contributed by atoms with Gasteiger partial charge in [0, 0.05) is 33.8 Å². The Kier molecular flexibility index (Phi) is 5.68. The van der Waals surface area contributed by atoms with Crippen molar-refractivity contribution in [1.29, 1.82) is 0 Å². The van der Waals surface area contributed by atoms with Gasteiger partial charge in [-0.1, -0.05) is 36.4 Å². The van der Waals surface area contributed by atoms with Gasteiger partial charge in [0.25, 0.3) is 0 Å². The highest BCUT2D eigenvalue weighted by molar-refractivity contribution is 7.99. The third-order valence-corrected chi connectivity index (χ3v) is 5.90. The fraction of sp³-hybridized carbons (Fsp3) is 0.125. The molecule has 1 aliphatic rings. The van der Waals surface area contributed by atoms with E-state index in [1.165, 1.54) is 0 Å². The molecule has 0 heterocycles. The third kappa shape index (κ3) is 3.86. The summed E-state index contributed by atoms with van der Waals surface area (Å²) in [5.41, 5.74) is 1.72. The number of ether oxygens (including phenoxy) is 1. The molecule has 0 unspecified atom stereocenters. The Labute approximate surface area is 178 Å². The fourth-order valence-corrected chi connectivity index (χ4v) is 4.25. The Balaban J connectivity index is 1.46. The topological polar surface area (TPSA) is 72.5 Å². The van der Waals surface area contributed by atoms with Crippen molar-refractivity contribution in [3.05, 3.63) is 89.0 Å². The number of hydrogen-bond donors (Lipinski definition) is 1. The van der Waals surface area contributed by atoms with E-state index in [0.717, 1.165) is 10.6 Å². The van der Waals surface area contributed by atoms with Crippen LogP contribution in [0.2, 0.25) is 0 Å². The van der Waals surface area contributed by atoms with Crippen LogP contribution in [0.4, 0.5) is 5.69 Å². The Morgan fingerprint density at radius 1 is 0.867 bits per heavy atom. The molecule has 150 valence electrons. The van der Waals surface area contributed by atoms with E-state index in [4.69, 9.17) is 4.74 Å². The van der Waals surface area contributed by atoms with Crippen molar-refractivity contribution in [3.8, 4) is 5.75 Å². The van der Waals surface area contributed by atoms with Gasteiger partial charge >= 0.3 is 0 Å². The maximum absolute atomic E-state index is 13.0. The first kappa shape index (κ1) is 19.9.